The molecule has 19 heteroatoms. The van der Waals surface area contributed by atoms with Crippen molar-refractivity contribution in [3.05, 3.63) is 0 Å². The Kier molecular flexibility index (Phi) is 59.6. The zero-order valence-electron chi connectivity index (χ0n) is 57.9. The van der Waals surface area contributed by atoms with Gasteiger partial charge in [-0.1, -0.05) is 299 Å². The Balaban J connectivity index is 5.21. The smallest absolute Gasteiger partial charge is 0.462 e. The quantitative estimate of drug-likeness (QED) is 0.0222. The Morgan fingerprint density at radius 2 is 0.517 bits per heavy atom. The highest BCUT2D eigenvalue weighted by molar-refractivity contribution is 7.47. The van der Waals surface area contributed by atoms with Crippen LogP contribution in [-0.2, 0) is 65.4 Å². The fraction of sp³-hybridized carbons (Fsp3) is 0.943. The predicted octanol–water partition coefficient (Wildman–Crippen LogP) is 19.8. The first kappa shape index (κ1) is 87.1. The molecule has 0 rings (SSSR count). The molecule has 0 bridgehead atoms. The van der Waals surface area contributed by atoms with E-state index < -0.39 is 97.5 Å². The van der Waals surface area contributed by atoms with Gasteiger partial charge in [-0.15, -0.1) is 0 Å². The van der Waals surface area contributed by atoms with Crippen molar-refractivity contribution in [2.75, 3.05) is 39.6 Å². The molecule has 0 aliphatic carbocycles. The van der Waals surface area contributed by atoms with Crippen LogP contribution in [0.25, 0.3) is 0 Å². The topological polar surface area (TPSA) is 237 Å². The molecule has 0 fully saturated rings. The molecule has 0 saturated carbocycles. The predicted molar refractivity (Wildman–Crippen MR) is 358 cm³/mol. The monoisotopic (exact) mass is 1310 g/mol. The zero-order valence-corrected chi connectivity index (χ0v) is 59.7. The number of hydrogen-bond donors (Lipinski definition) is 3. The van der Waals surface area contributed by atoms with Crippen molar-refractivity contribution in [2.24, 2.45) is 17.8 Å². The van der Waals surface area contributed by atoms with Crippen molar-refractivity contribution in [3.8, 4) is 0 Å². The number of unbranched alkanes of at least 4 members (excludes halogenated alkanes) is 36. The first-order chi connectivity index (χ1) is 42.7. The molecule has 0 spiro atoms. The average Bonchev–Trinajstić information content (AvgIpc) is 3.68. The summed E-state index contributed by atoms with van der Waals surface area (Å²) in [6.07, 6.45) is 44.7. The first-order valence-corrected chi connectivity index (χ1v) is 39.3. The standard InChI is InChI=1S/C70H136O17P2/c1-8-9-10-11-12-29-37-44-51-67(72)80-58-66(87-70(75)54-47-40-33-32-36-43-50-63(6)7)60-85-89(78,79)83-56-64(71)55-82-88(76,77)84-59-65(86-69(74)53-46-39-31-26-22-18-14-16-20-24-28-35-42-49-62(4)5)57-81-68(73)52-45-38-30-25-21-17-13-15-19-23-27-34-41-48-61(2)3/h61-66,71H,8-60H2,1-7H3,(H,76,77)(H,78,79)/t64-,65-,66-/m1/s1. The summed E-state index contributed by atoms with van der Waals surface area (Å²) in [5.74, 6) is 0.115. The van der Waals surface area contributed by atoms with E-state index in [0.29, 0.717) is 31.6 Å². The number of hydrogen-bond acceptors (Lipinski definition) is 15. The highest BCUT2D eigenvalue weighted by atomic mass is 31.2. The van der Waals surface area contributed by atoms with Gasteiger partial charge in [0.1, 0.15) is 19.3 Å². The molecule has 528 valence electrons. The summed E-state index contributed by atoms with van der Waals surface area (Å²) < 4.78 is 68.2. The number of aliphatic hydroxyl groups is 1. The summed E-state index contributed by atoms with van der Waals surface area (Å²) in [5.41, 5.74) is 0. The van der Waals surface area contributed by atoms with Gasteiger partial charge >= 0.3 is 39.5 Å². The lowest BCUT2D eigenvalue weighted by Gasteiger charge is -2.21. The van der Waals surface area contributed by atoms with Crippen LogP contribution in [0, 0.1) is 17.8 Å². The maximum absolute atomic E-state index is 13.0. The van der Waals surface area contributed by atoms with E-state index in [-0.39, 0.29) is 25.7 Å². The second-order valence-electron chi connectivity index (χ2n) is 26.7. The molecule has 0 amide bonds. The summed E-state index contributed by atoms with van der Waals surface area (Å²) in [4.78, 5) is 72.4. The SMILES string of the molecule is CCCCCCCCCCC(=O)OC[C@H](COP(=O)(O)OC[C@H](O)COP(=O)(O)OC[C@@H](COC(=O)CCCCCCCCCCCCCCCC(C)C)OC(=O)CCCCCCCCCCCCCCCC(C)C)OC(=O)CCCCCCCCC(C)C. The van der Waals surface area contributed by atoms with Crippen molar-refractivity contribution in [1.82, 2.24) is 0 Å². The summed E-state index contributed by atoms with van der Waals surface area (Å²) >= 11 is 0. The number of ether oxygens (including phenoxy) is 4. The van der Waals surface area contributed by atoms with Crippen LogP contribution in [0.5, 0.6) is 0 Å². The number of phosphoric acid groups is 2. The Labute approximate surface area is 543 Å². The van der Waals surface area contributed by atoms with Gasteiger partial charge in [-0.05, 0) is 43.4 Å². The van der Waals surface area contributed by atoms with Gasteiger partial charge in [-0.25, -0.2) is 9.13 Å². The van der Waals surface area contributed by atoms with E-state index >= 15 is 0 Å². The van der Waals surface area contributed by atoms with Gasteiger partial charge < -0.3 is 33.8 Å². The number of esters is 4. The van der Waals surface area contributed by atoms with Crippen LogP contribution in [0.1, 0.15) is 350 Å². The average molecular weight is 1310 g/mol. The van der Waals surface area contributed by atoms with Crippen molar-refractivity contribution in [1.29, 1.82) is 0 Å². The third kappa shape index (κ3) is 64.6. The molecule has 0 radical (unpaired) electrons. The van der Waals surface area contributed by atoms with Gasteiger partial charge in [-0.3, -0.25) is 37.3 Å². The Morgan fingerprint density at radius 1 is 0.303 bits per heavy atom. The highest BCUT2D eigenvalue weighted by Gasteiger charge is 2.30. The minimum atomic E-state index is -4.95. The van der Waals surface area contributed by atoms with Crippen LogP contribution in [0.4, 0.5) is 0 Å². The molecular formula is C70H136O17P2. The number of rotatable bonds is 68. The highest BCUT2D eigenvalue weighted by Crippen LogP contribution is 2.45. The molecular weight excluding hydrogens is 1170 g/mol. The molecule has 17 nitrogen and oxygen atoms in total. The molecule has 0 aliphatic rings. The Bertz CT molecular complexity index is 1750. The molecule has 0 saturated heterocycles. The fourth-order valence-electron chi connectivity index (χ4n) is 10.5. The number of phosphoric ester groups is 2. The summed E-state index contributed by atoms with van der Waals surface area (Å²) in [6, 6.07) is 0. The van der Waals surface area contributed by atoms with E-state index in [1.165, 1.54) is 154 Å². The lowest BCUT2D eigenvalue weighted by atomic mass is 10.0. The summed E-state index contributed by atoms with van der Waals surface area (Å²) in [5, 5.41) is 10.6. The van der Waals surface area contributed by atoms with E-state index in [2.05, 4.69) is 48.5 Å². The van der Waals surface area contributed by atoms with Crippen molar-refractivity contribution in [2.45, 2.75) is 369 Å². The van der Waals surface area contributed by atoms with Crippen molar-refractivity contribution in [3.63, 3.8) is 0 Å². The third-order valence-electron chi connectivity index (χ3n) is 16.1. The van der Waals surface area contributed by atoms with E-state index in [4.69, 9.17) is 37.0 Å². The molecule has 0 aromatic heterocycles. The Morgan fingerprint density at radius 3 is 0.764 bits per heavy atom. The normalized spacial score (nSPS) is 14.2. The number of aliphatic hydroxyl groups excluding tert-OH is 1. The van der Waals surface area contributed by atoms with Gasteiger partial charge in [0.15, 0.2) is 12.2 Å². The maximum Gasteiger partial charge on any atom is 0.472 e. The van der Waals surface area contributed by atoms with Gasteiger partial charge in [0.05, 0.1) is 26.4 Å². The van der Waals surface area contributed by atoms with Gasteiger partial charge in [0, 0.05) is 25.7 Å². The second-order valence-corrected chi connectivity index (χ2v) is 29.6. The van der Waals surface area contributed by atoms with Crippen LogP contribution < -0.4 is 0 Å². The second kappa shape index (κ2) is 61.0. The largest absolute Gasteiger partial charge is 0.472 e. The molecule has 0 aromatic carbocycles. The van der Waals surface area contributed by atoms with Crippen molar-refractivity contribution >= 4 is 39.5 Å². The van der Waals surface area contributed by atoms with Crippen molar-refractivity contribution < 1.29 is 80.2 Å². The lowest BCUT2D eigenvalue weighted by molar-refractivity contribution is -0.161. The van der Waals surface area contributed by atoms with E-state index in [0.717, 1.165) is 108 Å². The first-order valence-electron chi connectivity index (χ1n) is 36.3. The molecule has 3 N–H and O–H groups in total. The van der Waals surface area contributed by atoms with Crippen LogP contribution in [0.15, 0.2) is 0 Å². The van der Waals surface area contributed by atoms with Crippen LogP contribution >= 0.6 is 15.6 Å². The van der Waals surface area contributed by atoms with Gasteiger partial charge in [-0.2, -0.15) is 0 Å². The molecule has 0 aliphatic heterocycles. The Hall–Kier alpha value is -1.94. The minimum Gasteiger partial charge on any atom is -0.462 e. The lowest BCUT2D eigenvalue weighted by Crippen LogP contribution is -2.30. The van der Waals surface area contributed by atoms with Crippen LogP contribution in [-0.4, -0.2) is 96.7 Å². The summed E-state index contributed by atoms with van der Waals surface area (Å²) in [7, 11) is -9.90. The minimum absolute atomic E-state index is 0.102. The molecule has 5 atom stereocenters. The maximum atomic E-state index is 13.0. The van der Waals surface area contributed by atoms with E-state index in [1.54, 1.807) is 0 Å². The van der Waals surface area contributed by atoms with E-state index in [1.807, 2.05) is 0 Å². The van der Waals surface area contributed by atoms with E-state index in [9.17, 15) is 43.2 Å². The molecule has 0 aromatic rings. The fourth-order valence-corrected chi connectivity index (χ4v) is 12.1. The summed E-state index contributed by atoms with van der Waals surface area (Å²) in [6.45, 7) is 11.8. The van der Waals surface area contributed by atoms with Crippen LogP contribution in [0.3, 0.4) is 0 Å². The number of carbonyl (C=O) groups is 4. The third-order valence-corrected chi connectivity index (χ3v) is 18.0. The van der Waals surface area contributed by atoms with Gasteiger partial charge in [0.2, 0.25) is 0 Å². The van der Waals surface area contributed by atoms with Gasteiger partial charge in [0.25, 0.3) is 0 Å². The number of carbonyl (C=O) groups excluding carboxylic acids is 4. The van der Waals surface area contributed by atoms with Crippen LogP contribution in [0.2, 0.25) is 0 Å². The zero-order chi connectivity index (χ0) is 65.9. The molecule has 0 heterocycles. The molecule has 89 heavy (non-hydrogen) atoms. The molecule has 2 unspecified atom stereocenters.